The van der Waals surface area contributed by atoms with Gasteiger partial charge in [0, 0.05) is 18.3 Å². The number of rotatable bonds is 0. The van der Waals surface area contributed by atoms with E-state index in [2.05, 4.69) is 15.2 Å². The Morgan fingerprint density at radius 3 is 3.33 bits per heavy atom. The lowest BCUT2D eigenvalue weighted by Crippen LogP contribution is -2.29. The molecule has 0 spiro atoms. The predicted octanol–water partition coefficient (Wildman–Crippen LogP) is 1.16. The molecule has 0 unspecified atom stereocenters. The van der Waals surface area contributed by atoms with Gasteiger partial charge in [-0.05, 0) is 25.5 Å². The van der Waals surface area contributed by atoms with Crippen LogP contribution in [0.1, 0.15) is 18.4 Å². The van der Waals surface area contributed by atoms with Gasteiger partial charge >= 0.3 is 0 Å². The number of anilines is 1. The summed E-state index contributed by atoms with van der Waals surface area (Å²) in [6.07, 6.45) is 3.68. The third-order valence-corrected chi connectivity index (χ3v) is 2.97. The smallest absolute Gasteiger partial charge is 0.248 e. The highest BCUT2D eigenvalue weighted by Gasteiger charge is 2.34. The zero-order valence-corrected chi connectivity index (χ0v) is 8.36. The SMILES string of the molecule is O=C1Nc2ncccc2CN2CCC[C]12. The van der Waals surface area contributed by atoms with Gasteiger partial charge < -0.3 is 5.32 Å². The first-order valence-electron chi connectivity index (χ1n) is 5.20. The second-order valence-corrected chi connectivity index (χ2v) is 3.94. The average Bonchev–Trinajstić information content (AvgIpc) is 2.64. The quantitative estimate of drug-likeness (QED) is 0.686. The molecule has 2 aliphatic heterocycles. The Bertz CT molecular complexity index is 405. The molecule has 3 heterocycles. The van der Waals surface area contributed by atoms with E-state index >= 15 is 0 Å². The van der Waals surface area contributed by atoms with Crippen molar-refractivity contribution in [2.24, 2.45) is 0 Å². The van der Waals surface area contributed by atoms with Crippen molar-refractivity contribution in [3.05, 3.63) is 29.9 Å². The largest absolute Gasteiger partial charge is 0.309 e. The first-order chi connectivity index (χ1) is 7.34. The number of hydrogen-bond donors (Lipinski definition) is 1. The molecule has 15 heavy (non-hydrogen) atoms. The van der Waals surface area contributed by atoms with E-state index in [0.717, 1.165) is 37.5 Å². The Labute approximate surface area is 88.3 Å². The highest BCUT2D eigenvalue weighted by atomic mass is 16.2. The molecule has 1 N–H and O–H groups in total. The normalized spacial score (nSPS) is 21.7. The number of nitrogens with one attached hydrogen (secondary N) is 1. The molecule has 4 heteroatoms. The highest BCUT2D eigenvalue weighted by molar-refractivity contribution is 6.01. The molecule has 1 aromatic heterocycles. The fraction of sp³-hybridized carbons (Fsp3) is 0.364. The summed E-state index contributed by atoms with van der Waals surface area (Å²) in [6.45, 7) is 1.79. The highest BCUT2D eigenvalue weighted by Crippen LogP contribution is 2.31. The molecule has 1 fully saturated rings. The van der Waals surface area contributed by atoms with Crippen LogP contribution in [0.3, 0.4) is 0 Å². The fourth-order valence-electron chi connectivity index (χ4n) is 2.23. The van der Waals surface area contributed by atoms with Crippen molar-refractivity contribution < 1.29 is 4.79 Å². The van der Waals surface area contributed by atoms with Gasteiger partial charge in [-0.2, -0.15) is 0 Å². The summed E-state index contributed by atoms with van der Waals surface area (Å²) in [6, 6.07) is 4.84. The number of hydrogen-bond acceptors (Lipinski definition) is 3. The van der Waals surface area contributed by atoms with E-state index in [1.165, 1.54) is 0 Å². The van der Waals surface area contributed by atoms with E-state index < -0.39 is 0 Å². The van der Waals surface area contributed by atoms with Gasteiger partial charge in [-0.15, -0.1) is 0 Å². The Balaban J connectivity index is 2.00. The molecule has 0 saturated carbocycles. The molecule has 0 aliphatic carbocycles. The van der Waals surface area contributed by atoms with Gasteiger partial charge in [-0.3, -0.25) is 9.69 Å². The van der Waals surface area contributed by atoms with Gasteiger partial charge in [0.2, 0.25) is 5.91 Å². The van der Waals surface area contributed by atoms with Gasteiger partial charge in [0.25, 0.3) is 0 Å². The van der Waals surface area contributed by atoms with Crippen LogP contribution in [-0.2, 0) is 11.3 Å². The molecular weight excluding hydrogens is 190 g/mol. The second-order valence-electron chi connectivity index (χ2n) is 3.94. The maximum absolute atomic E-state index is 11.8. The van der Waals surface area contributed by atoms with Crippen molar-refractivity contribution in [3.63, 3.8) is 0 Å². The van der Waals surface area contributed by atoms with E-state index in [4.69, 9.17) is 0 Å². The monoisotopic (exact) mass is 202 g/mol. The lowest BCUT2D eigenvalue weighted by molar-refractivity contribution is -0.116. The number of nitrogens with zero attached hydrogens (tertiary/aromatic N) is 2. The lowest BCUT2D eigenvalue weighted by atomic mass is 10.2. The molecular formula is C11H12N3O. The van der Waals surface area contributed by atoms with Gasteiger partial charge in [0.05, 0.1) is 0 Å². The molecule has 1 aromatic rings. The summed E-state index contributed by atoms with van der Waals surface area (Å²) in [5.74, 6) is 0.731. The number of aromatic nitrogens is 1. The van der Waals surface area contributed by atoms with Crippen molar-refractivity contribution in [3.8, 4) is 0 Å². The Hall–Kier alpha value is -1.42. The first kappa shape index (κ1) is 8.85. The molecule has 0 bridgehead atoms. The Morgan fingerprint density at radius 1 is 1.47 bits per heavy atom. The Morgan fingerprint density at radius 2 is 2.40 bits per heavy atom. The van der Waals surface area contributed by atoms with Crippen molar-refractivity contribution >= 4 is 11.7 Å². The van der Waals surface area contributed by atoms with Crippen LogP contribution in [0.4, 0.5) is 5.82 Å². The number of carbonyl (C=O) groups is 1. The minimum absolute atomic E-state index is 0.0185. The number of pyridine rings is 1. The van der Waals surface area contributed by atoms with Crippen LogP contribution >= 0.6 is 0 Å². The van der Waals surface area contributed by atoms with Crippen LogP contribution in [0.25, 0.3) is 0 Å². The minimum Gasteiger partial charge on any atom is -0.309 e. The van der Waals surface area contributed by atoms with Crippen molar-refractivity contribution in [1.29, 1.82) is 0 Å². The predicted molar refractivity (Wildman–Crippen MR) is 55.8 cm³/mol. The number of amides is 1. The van der Waals surface area contributed by atoms with Crippen molar-refractivity contribution in [2.75, 3.05) is 11.9 Å². The lowest BCUT2D eigenvalue weighted by Gasteiger charge is -2.17. The summed E-state index contributed by atoms with van der Waals surface area (Å²) >= 11 is 0. The van der Waals surface area contributed by atoms with E-state index in [-0.39, 0.29) is 5.91 Å². The summed E-state index contributed by atoms with van der Waals surface area (Å²) < 4.78 is 0. The van der Waals surface area contributed by atoms with Crippen LogP contribution in [0.15, 0.2) is 18.3 Å². The van der Waals surface area contributed by atoms with Crippen LogP contribution in [-0.4, -0.2) is 22.3 Å². The Kier molecular flexibility index (Phi) is 1.95. The van der Waals surface area contributed by atoms with Gasteiger partial charge in [0.15, 0.2) is 0 Å². The van der Waals surface area contributed by atoms with Crippen LogP contribution in [0.2, 0.25) is 0 Å². The maximum Gasteiger partial charge on any atom is 0.248 e. The zero-order chi connectivity index (χ0) is 10.3. The summed E-state index contributed by atoms with van der Waals surface area (Å²) in [4.78, 5) is 18.2. The molecule has 1 amide bonds. The molecule has 77 valence electrons. The molecule has 1 saturated heterocycles. The average molecular weight is 202 g/mol. The second kappa shape index (κ2) is 3.31. The van der Waals surface area contributed by atoms with E-state index in [1.807, 2.05) is 12.1 Å². The molecule has 0 atom stereocenters. The first-order valence-corrected chi connectivity index (χ1v) is 5.20. The summed E-state index contributed by atoms with van der Waals surface area (Å²) in [5, 5.41) is 2.87. The maximum atomic E-state index is 11.8. The number of fused-ring (bicyclic) bond motifs is 2. The molecule has 0 aromatic carbocycles. The van der Waals surface area contributed by atoms with Crippen molar-refractivity contribution in [2.45, 2.75) is 19.4 Å². The molecule has 4 nitrogen and oxygen atoms in total. The fourth-order valence-corrected chi connectivity index (χ4v) is 2.23. The van der Waals surface area contributed by atoms with Crippen molar-refractivity contribution in [1.82, 2.24) is 9.88 Å². The molecule has 2 aliphatic rings. The standard InChI is InChI=1S/C11H12N3O/c15-11-9-4-2-6-14(9)7-8-3-1-5-12-10(8)13-11/h1,3,5H,2,4,6-7H2,(H,12,13,15). The summed E-state index contributed by atoms with van der Waals surface area (Å²) in [7, 11) is 0. The minimum atomic E-state index is 0.0185. The van der Waals surface area contributed by atoms with Gasteiger partial charge in [-0.25, -0.2) is 4.98 Å². The van der Waals surface area contributed by atoms with E-state index in [1.54, 1.807) is 6.20 Å². The molecule has 3 rings (SSSR count). The van der Waals surface area contributed by atoms with Crippen LogP contribution in [0.5, 0.6) is 0 Å². The van der Waals surface area contributed by atoms with Gasteiger partial charge in [-0.1, -0.05) is 6.07 Å². The van der Waals surface area contributed by atoms with Crippen LogP contribution < -0.4 is 5.32 Å². The zero-order valence-electron chi connectivity index (χ0n) is 8.36. The third-order valence-electron chi connectivity index (χ3n) is 2.97. The number of carbonyl (C=O) groups excluding carboxylic acids is 1. The summed E-state index contributed by atoms with van der Waals surface area (Å²) in [5.41, 5.74) is 1.10. The van der Waals surface area contributed by atoms with Gasteiger partial charge in [0.1, 0.15) is 11.9 Å². The third kappa shape index (κ3) is 1.41. The topological polar surface area (TPSA) is 45.2 Å². The van der Waals surface area contributed by atoms with E-state index in [0.29, 0.717) is 5.82 Å². The van der Waals surface area contributed by atoms with E-state index in [9.17, 15) is 4.79 Å². The molecule has 1 radical (unpaired) electrons. The van der Waals surface area contributed by atoms with Crippen LogP contribution in [0, 0.1) is 6.04 Å².